The Morgan fingerprint density at radius 1 is 1.08 bits per heavy atom. The minimum absolute atomic E-state index is 0. The van der Waals surface area contributed by atoms with Gasteiger partial charge in [-0.05, 0) is 41.1 Å². The Morgan fingerprint density at radius 3 is 2.46 bits per heavy atom. The molecule has 1 aromatic heterocycles. The molecule has 0 radical (unpaired) electrons. The van der Waals surface area contributed by atoms with E-state index in [4.69, 9.17) is 0 Å². The summed E-state index contributed by atoms with van der Waals surface area (Å²) in [6.07, 6.45) is 2.37. The Hall–Kier alpha value is -1.59. The van der Waals surface area contributed by atoms with Gasteiger partial charge >= 0.3 is 0 Å². The van der Waals surface area contributed by atoms with E-state index < -0.39 is 10.0 Å². The summed E-state index contributed by atoms with van der Waals surface area (Å²) >= 11 is 0. The number of aromatic nitrogens is 4. The first-order chi connectivity index (χ1) is 12.1. The third-order valence-electron chi connectivity index (χ3n) is 4.88. The highest BCUT2D eigenvalue weighted by atomic mass is 35.5. The number of nitrogens with one attached hydrogen (secondary N) is 1. The third-order valence-corrected chi connectivity index (χ3v) is 6.76. The number of halogens is 1. The van der Waals surface area contributed by atoms with Gasteiger partial charge in [-0.2, -0.15) is 4.31 Å². The highest BCUT2D eigenvalue weighted by molar-refractivity contribution is 7.89. The molecule has 2 fully saturated rings. The van der Waals surface area contributed by atoms with E-state index in [0.717, 1.165) is 38.3 Å². The van der Waals surface area contributed by atoms with Gasteiger partial charge in [-0.15, -0.1) is 17.5 Å². The van der Waals surface area contributed by atoms with Gasteiger partial charge in [0.2, 0.25) is 10.0 Å². The molecule has 26 heavy (non-hydrogen) atoms. The van der Waals surface area contributed by atoms with Crippen molar-refractivity contribution in [1.82, 2.24) is 34.7 Å². The van der Waals surface area contributed by atoms with Crippen molar-refractivity contribution in [3.63, 3.8) is 0 Å². The van der Waals surface area contributed by atoms with Gasteiger partial charge in [0, 0.05) is 45.3 Å². The molecule has 0 aliphatic carbocycles. The van der Waals surface area contributed by atoms with Crippen LogP contribution in [0.25, 0.3) is 5.69 Å². The Bertz CT molecular complexity index is 807. The Labute approximate surface area is 158 Å². The zero-order valence-corrected chi connectivity index (χ0v) is 15.9. The monoisotopic (exact) mass is 399 g/mol. The summed E-state index contributed by atoms with van der Waals surface area (Å²) in [6, 6.07) is 6.98. The minimum atomic E-state index is -3.47. The van der Waals surface area contributed by atoms with Crippen molar-refractivity contribution in [3.05, 3.63) is 30.6 Å². The quantitative estimate of drug-likeness (QED) is 0.757. The molecule has 4 rings (SSSR count). The smallest absolute Gasteiger partial charge is 0.243 e. The van der Waals surface area contributed by atoms with Crippen molar-refractivity contribution >= 4 is 22.4 Å². The summed E-state index contributed by atoms with van der Waals surface area (Å²) in [7, 11) is -3.47. The van der Waals surface area contributed by atoms with Gasteiger partial charge < -0.3 is 5.32 Å². The molecule has 2 aliphatic rings. The standard InChI is InChI=1S/C15H21N7O2S.ClH/c23-25(24,15-3-1-13(2-4-15)22-12-17-18-19-22)21-8-5-14(11-21)20-9-6-16-7-10-20;/h1-4,12,14,16H,5-11H2;1H. The van der Waals surface area contributed by atoms with Crippen LogP contribution in [-0.2, 0) is 10.0 Å². The lowest BCUT2D eigenvalue weighted by Gasteiger charge is -2.32. The number of hydrogen-bond acceptors (Lipinski definition) is 7. The van der Waals surface area contributed by atoms with Gasteiger partial charge in [0.25, 0.3) is 0 Å². The van der Waals surface area contributed by atoms with Crippen molar-refractivity contribution in [1.29, 1.82) is 0 Å². The topological polar surface area (TPSA) is 96.2 Å². The molecular formula is C15H22ClN7O2S. The summed E-state index contributed by atoms with van der Waals surface area (Å²) in [5.41, 5.74) is 0.726. The van der Waals surface area contributed by atoms with Gasteiger partial charge in [0.05, 0.1) is 10.6 Å². The van der Waals surface area contributed by atoms with E-state index in [9.17, 15) is 8.42 Å². The van der Waals surface area contributed by atoms with E-state index in [0.29, 0.717) is 24.0 Å². The third kappa shape index (κ3) is 3.74. The van der Waals surface area contributed by atoms with Crippen LogP contribution in [-0.4, -0.2) is 83.1 Å². The lowest BCUT2D eigenvalue weighted by Crippen LogP contribution is -2.49. The molecule has 9 nitrogen and oxygen atoms in total. The molecule has 2 aliphatic heterocycles. The van der Waals surface area contributed by atoms with Crippen molar-refractivity contribution in [2.75, 3.05) is 39.3 Å². The van der Waals surface area contributed by atoms with E-state index >= 15 is 0 Å². The van der Waals surface area contributed by atoms with Crippen LogP contribution in [0.15, 0.2) is 35.5 Å². The highest BCUT2D eigenvalue weighted by Crippen LogP contribution is 2.24. The fourth-order valence-electron chi connectivity index (χ4n) is 3.47. The first-order valence-corrected chi connectivity index (χ1v) is 9.87. The van der Waals surface area contributed by atoms with Crippen LogP contribution in [0.4, 0.5) is 0 Å². The van der Waals surface area contributed by atoms with Crippen LogP contribution in [0.2, 0.25) is 0 Å². The normalized spacial score (nSPS) is 22.2. The number of sulfonamides is 1. The van der Waals surface area contributed by atoms with Gasteiger partial charge in [-0.25, -0.2) is 13.1 Å². The zero-order valence-electron chi connectivity index (χ0n) is 14.2. The van der Waals surface area contributed by atoms with E-state index in [-0.39, 0.29) is 12.4 Å². The Balaban J connectivity index is 0.00000196. The maximum absolute atomic E-state index is 12.9. The number of rotatable bonds is 4. The van der Waals surface area contributed by atoms with Gasteiger partial charge in [0.15, 0.2) is 0 Å². The summed E-state index contributed by atoms with van der Waals surface area (Å²) in [5.74, 6) is 0. The second-order valence-electron chi connectivity index (χ2n) is 6.34. The van der Waals surface area contributed by atoms with Gasteiger partial charge in [-0.3, -0.25) is 4.90 Å². The van der Waals surface area contributed by atoms with E-state index in [1.165, 1.54) is 11.0 Å². The summed E-state index contributed by atoms with van der Waals surface area (Å²) in [5, 5.41) is 14.3. The van der Waals surface area contributed by atoms with Crippen LogP contribution in [0, 0.1) is 0 Å². The predicted octanol–water partition coefficient (Wildman–Crippen LogP) is -0.248. The molecule has 2 aromatic rings. The van der Waals surface area contributed by atoms with Crippen molar-refractivity contribution in [2.24, 2.45) is 0 Å². The van der Waals surface area contributed by atoms with Crippen LogP contribution in [0.5, 0.6) is 0 Å². The second-order valence-corrected chi connectivity index (χ2v) is 8.28. The largest absolute Gasteiger partial charge is 0.314 e. The minimum Gasteiger partial charge on any atom is -0.314 e. The molecule has 1 N–H and O–H groups in total. The van der Waals surface area contributed by atoms with Crippen molar-refractivity contribution in [3.8, 4) is 5.69 Å². The lowest BCUT2D eigenvalue weighted by molar-refractivity contribution is 0.179. The summed E-state index contributed by atoms with van der Waals surface area (Å²) in [4.78, 5) is 2.71. The first kappa shape index (κ1) is 19.2. The molecule has 1 aromatic carbocycles. The van der Waals surface area contributed by atoms with Gasteiger partial charge in [0.1, 0.15) is 6.33 Å². The number of tetrazole rings is 1. The molecule has 2 saturated heterocycles. The SMILES string of the molecule is Cl.O=S(=O)(c1ccc(-n2cnnn2)cc1)N1CCC(N2CCNCC2)C1. The molecule has 0 bridgehead atoms. The molecule has 1 unspecified atom stereocenters. The second kappa shape index (κ2) is 7.97. The molecule has 142 valence electrons. The maximum atomic E-state index is 12.9. The average Bonchev–Trinajstić information content (AvgIpc) is 3.35. The fraction of sp³-hybridized carbons (Fsp3) is 0.533. The van der Waals surface area contributed by atoms with Crippen LogP contribution < -0.4 is 5.32 Å². The first-order valence-electron chi connectivity index (χ1n) is 8.43. The molecule has 1 atom stereocenters. The summed E-state index contributed by atoms with van der Waals surface area (Å²) in [6.45, 7) is 5.06. The number of benzene rings is 1. The molecule has 0 spiro atoms. The van der Waals surface area contributed by atoms with E-state index in [1.807, 2.05) is 0 Å². The molecular weight excluding hydrogens is 378 g/mol. The number of nitrogens with zero attached hydrogens (tertiary/aromatic N) is 6. The van der Waals surface area contributed by atoms with Crippen LogP contribution in [0.3, 0.4) is 0 Å². The number of piperazine rings is 1. The molecule has 0 saturated carbocycles. The molecule has 0 amide bonds. The van der Waals surface area contributed by atoms with Crippen molar-refractivity contribution < 1.29 is 8.42 Å². The van der Waals surface area contributed by atoms with Crippen LogP contribution >= 0.6 is 12.4 Å². The van der Waals surface area contributed by atoms with E-state index in [2.05, 4.69) is 25.7 Å². The predicted molar refractivity (Wildman–Crippen MR) is 98.0 cm³/mol. The fourth-order valence-corrected chi connectivity index (χ4v) is 4.97. The lowest BCUT2D eigenvalue weighted by atomic mass is 10.2. The van der Waals surface area contributed by atoms with Crippen LogP contribution in [0.1, 0.15) is 6.42 Å². The highest BCUT2D eigenvalue weighted by Gasteiger charge is 2.35. The summed E-state index contributed by atoms with van der Waals surface area (Å²) < 4.78 is 28.9. The Morgan fingerprint density at radius 2 is 1.81 bits per heavy atom. The zero-order chi connectivity index (χ0) is 17.3. The maximum Gasteiger partial charge on any atom is 0.243 e. The Kier molecular flexibility index (Phi) is 5.88. The molecule has 11 heteroatoms. The molecule has 3 heterocycles. The van der Waals surface area contributed by atoms with Gasteiger partial charge in [-0.1, -0.05) is 0 Å². The number of hydrogen-bond donors (Lipinski definition) is 1. The van der Waals surface area contributed by atoms with E-state index in [1.54, 1.807) is 28.6 Å². The van der Waals surface area contributed by atoms with Crippen molar-refractivity contribution in [2.45, 2.75) is 17.4 Å². The average molecular weight is 400 g/mol.